The molecule has 142 valence electrons. The Morgan fingerprint density at radius 2 is 2.00 bits per heavy atom. The number of amides is 1. The maximum Gasteiger partial charge on any atom is 0.256 e. The molecule has 1 fully saturated rings. The lowest BCUT2D eigenvalue weighted by Gasteiger charge is -2.37. The molecule has 1 aromatic rings. The molecule has 1 aliphatic carbocycles. The first-order valence-corrected chi connectivity index (χ1v) is 9.45. The van der Waals surface area contributed by atoms with Crippen LogP contribution in [0.3, 0.4) is 0 Å². The van der Waals surface area contributed by atoms with Crippen LogP contribution in [-0.4, -0.2) is 37.4 Å². The van der Waals surface area contributed by atoms with Crippen molar-refractivity contribution in [2.45, 2.75) is 44.6 Å². The predicted molar refractivity (Wildman–Crippen MR) is 102 cm³/mol. The summed E-state index contributed by atoms with van der Waals surface area (Å²) < 4.78 is 10.7. The molecule has 1 spiro atoms. The van der Waals surface area contributed by atoms with E-state index in [9.17, 15) is 9.90 Å². The number of benzene rings is 1. The van der Waals surface area contributed by atoms with E-state index in [0.29, 0.717) is 53.7 Å². The standard InChI is InChI=1S/C20H26ClNO4/c1-4-13-9-14(21)10-15(26-3)16(13)17-18(23)20(22-19(17)24)7-5-12(6-8-20)11-25-2/h9-10,12,23H,4-8,11H2,1-3H3,(H,22,24). The Hall–Kier alpha value is -1.72. The average molecular weight is 380 g/mol. The van der Waals surface area contributed by atoms with E-state index in [4.69, 9.17) is 21.1 Å². The van der Waals surface area contributed by atoms with Crippen molar-refractivity contribution < 1.29 is 19.4 Å². The molecule has 0 saturated heterocycles. The monoisotopic (exact) mass is 379 g/mol. The van der Waals surface area contributed by atoms with E-state index in [0.717, 1.165) is 18.4 Å². The van der Waals surface area contributed by atoms with Gasteiger partial charge >= 0.3 is 0 Å². The minimum Gasteiger partial charge on any atom is -0.509 e. The third-order valence-electron chi connectivity index (χ3n) is 5.63. The Kier molecular flexibility index (Phi) is 5.49. The van der Waals surface area contributed by atoms with Gasteiger partial charge in [-0.25, -0.2) is 0 Å². The smallest absolute Gasteiger partial charge is 0.256 e. The first-order valence-electron chi connectivity index (χ1n) is 9.07. The fourth-order valence-electron chi connectivity index (χ4n) is 4.21. The second kappa shape index (κ2) is 7.49. The topological polar surface area (TPSA) is 67.8 Å². The lowest BCUT2D eigenvalue weighted by molar-refractivity contribution is -0.116. The quantitative estimate of drug-likeness (QED) is 0.814. The number of methoxy groups -OCH3 is 2. The molecule has 1 saturated carbocycles. The molecule has 3 rings (SSSR count). The molecule has 1 amide bonds. The second-order valence-corrected chi connectivity index (χ2v) is 7.59. The Morgan fingerprint density at radius 1 is 1.31 bits per heavy atom. The van der Waals surface area contributed by atoms with Crippen LogP contribution in [0.5, 0.6) is 5.75 Å². The number of aryl methyl sites for hydroxylation is 1. The van der Waals surface area contributed by atoms with Gasteiger partial charge in [0, 0.05) is 24.3 Å². The van der Waals surface area contributed by atoms with E-state index in [2.05, 4.69) is 5.32 Å². The van der Waals surface area contributed by atoms with Crippen LogP contribution in [-0.2, 0) is 16.0 Å². The molecule has 2 N–H and O–H groups in total. The van der Waals surface area contributed by atoms with Crippen molar-refractivity contribution >= 4 is 23.1 Å². The second-order valence-electron chi connectivity index (χ2n) is 7.15. The number of aliphatic hydroxyl groups is 1. The molecule has 1 heterocycles. The molecule has 2 aliphatic rings. The number of aliphatic hydroxyl groups excluding tert-OH is 1. The first kappa shape index (κ1) is 19.1. The van der Waals surface area contributed by atoms with Crippen molar-refractivity contribution in [2.24, 2.45) is 5.92 Å². The normalized spacial score (nSPS) is 25.7. The van der Waals surface area contributed by atoms with Gasteiger partial charge in [0.25, 0.3) is 5.91 Å². The molecule has 26 heavy (non-hydrogen) atoms. The molecular weight excluding hydrogens is 354 g/mol. The largest absolute Gasteiger partial charge is 0.509 e. The van der Waals surface area contributed by atoms with Gasteiger partial charge in [0.15, 0.2) is 0 Å². The van der Waals surface area contributed by atoms with Crippen molar-refractivity contribution in [2.75, 3.05) is 20.8 Å². The van der Waals surface area contributed by atoms with Crippen LogP contribution < -0.4 is 10.1 Å². The van der Waals surface area contributed by atoms with Gasteiger partial charge in [-0.2, -0.15) is 0 Å². The first-order chi connectivity index (χ1) is 12.5. The van der Waals surface area contributed by atoms with Gasteiger partial charge in [0.2, 0.25) is 0 Å². The molecule has 6 heteroatoms. The molecule has 0 bridgehead atoms. The third-order valence-corrected chi connectivity index (χ3v) is 5.85. The summed E-state index contributed by atoms with van der Waals surface area (Å²) in [6.07, 6.45) is 3.91. The van der Waals surface area contributed by atoms with Crippen LogP contribution in [0, 0.1) is 5.92 Å². The molecule has 0 atom stereocenters. The highest BCUT2D eigenvalue weighted by Crippen LogP contribution is 2.45. The van der Waals surface area contributed by atoms with Crippen molar-refractivity contribution in [1.82, 2.24) is 5.32 Å². The summed E-state index contributed by atoms with van der Waals surface area (Å²) >= 11 is 6.18. The van der Waals surface area contributed by atoms with Crippen LogP contribution in [0.1, 0.15) is 43.7 Å². The summed E-state index contributed by atoms with van der Waals surface area (Å²) in [6, 6.07) is 3.51. The van der Waals surface area contributed by atoms with Gasteiger partial charge in [-0.3, -0.25) is 4.79 Å². The van der Waals surface area contributed by atoms with Gasteiger partial charge in [-0.05, 0) is 55.7 Å². The zero-order valence-electron chi connectivity index (χ0n) is 15.5. The number of nitrogens with one attached hydrogen (secondary N) is 1. The number of carbonyl (C=O) groups is 1. The van der Waals surface area contributed by atoms with Crippen LogP contribution >= 0.6 is 11.6 Å². The lowest BCUT2D eigenvalue weighted by atomic mass is 9.76. The molecular formula is C20H26ClNO4. The van der Waals surface area contributed by atoms with Crippen molar-refractivity contribution in [3.8, 4) is 5.75 Å². The molecule has 0 aromatic heterocycles. The highest BCUT2D eigenvalue weighted by molar-refractivity contribution is 6.31. The van der Waals surface area contributed by atoms with Gasteiger partial charge in [-0.1, -0.05) is 18.5 Å². The Labute approximate surface area is 159 Å². The summed E-state index contributed by atoms with van der Waals surface area (Å²) in [6.45, 7) is 2.71. The zero-order valence-corrected chi connectivity index (χ0v) is 16.3. The Morgan fingerprint density at radius 3 is 2.58 bits per heavy atom. The average Bonchev–Trinajstić information content (AvgIpc) is 2.86. The van der Waals surface area contributed by atoms with E-state index in [1.807, 2.05) is 13.0 Å². The van der Waals surface area contributed by atoms with Crippen LogP contribution in [0.4, 0.5) is 0 Å². The minimum absolute atomic E-state index is 0.133. The summed E-state index contributed by atoms with van der Waals surface area (Å²) in [5, 5.41) is 14.7. The maximum absolute atomic E-state index is 12.8. The van der Waals surface area contributed by atoms with Gasteiger partial charge < -0.3 is 19.9 Å². The van der Waals surface area contributed by atoms with Crippen molar-refractivity contribution in [3.63, 3.8) is 0 Å². The van der Waals surface area contributed by atoms with Crippen LogP contribution in [0.2, 0.25) is 5.02 Å². The summed E-state index contributed by atoms with van der Waals surface area (Å²) in [7, 11) is 3.25. The van der Waals surface area contributed by atoms with Crippen LogP contribution in [0.25, 0.3) is 5.57 Å². The predicted octanol–water partition coefficient (Wildman–Crippen LogP) is 3.89. The van der Waals surface area contributed by atoms with E-state index < -0.39 is 5.54 Å². The highest BCUT2D eigenvalue weighted by Gasteiger charge is 2.48. The van der Waals surface area contributed by atoms with Gasteiger partial charge in [-0.15, -0.1) is 0 Å². The number of rotatable bonds is 5. The molecule has 0 unspecified atom stereocenters. The van der Waals surface area contributed by atoms with Crippen LogP contribution in [0.15, 0.2) is 17.9 Å². The third kappa shape index (κ3) is 3.19. The Balaban J connectivity index is 2.03. The van der Waals surface area contributed by atoms with E-state index >= 15 is 0 Å². The number of carbonyl (C=O) groups excluding carboxylic acids is 1. The molecule has 5 nitrogen and oxygen atoms in total. The maximum atomic E-state index is 12.8. The van der Waals surface area contributed by atoms with Crippen molar-refractivity contribution in [1.29, 1.82) is 0 Å². The van der Waals surface area contributed by atoms with E-state index in [1.54, 1.807) is 20.3 Å². The SMILES string of the molecule is CCc1cc(Cl)cc(OC)c1C1=C(O)C2(CCC(COC)CC2)NC1=O. The van der Waals surface area contributed by atoms with Gasteiger partial charge in [0.1, 0.15) is 11.5 Å². The highest BCUT2D eigenvalue weighted by atomic mass is 35.5. The van der Waals surface area contributed by atoms with Gasteiger partial charge in [0.05, 0.1) is 18.2 Å². The Bertz CT molecular complexity index is 710. The number of hydrogen-bond acceptors (Lipinski definition) is 4. The molecule has 0 radical (unpaired) electrons. The minimum atomic E-state index is -0.674. The summed E-state index contributed by atoms with van der Waals surface area (Å²) in [4.78, 5) is 12.8. The summed E-state index contributed by atoms with van der Waals surface area (Å²) in [5.41, 5.74) is 1.17. The lowest BCUT2D eigenvalue weighted by Crippen LogP contribution is -2.47. The number of ether oxygens (including phenoxy) is 2. The number of halogens is 1. The zero-order chi connectivity index (χ0) is 18.9. The fraction of sp³-hybridized carbons (Fsp3) is 0.550. The van der Waals surface area contributed by atoms with E-state index in [1.165, 1.54) is 0 Å². The van der Waals surface area contributed by atoms with E-state index in [-0.39, 0.29) is 11.7 Å². The van der Waals surface area contributed by atoms with Crippen molar-refractivity contribution in [3.05, 3.63) is 34.0 Å². The molecule has 1 aromatic carbocycles. The fourth-order valence-corrected chi connectivity index (χ4v) is 4.44. The summed E-state index contributed by atoms with van der Waals surface area (Å²) in [5.74, 6) is 0.864. The number of hydrogen-bond donors (Lipinski definition) is 2. The molecule has 1 aliphatic heterocycles.